The lowest BCUT2D eigenvalue weighted by atomic mass is 10.2. The summed E-state index contributed by atoms with van der Waals surface area (Å²) in [5, 5.41) is 2.23. The minimum Gasteiger partial charge on any atom is -0.280 e. The standard InChI is InChI=1S/C16H13NO/c1-2-7-16(18)17-14-10-5-3-8-12(14)13-9-4-6-11-15(13)17/h2-6,8-11H,1,7H2. The molecule has 18 heavy (non-hydrogen) atoms. The first-order valence-corrected chi connectivity index (χ1v) is 5.95. The fourth-order valence-electron chi connectivity index (χ4n) is 2.41. The summed E-state index contributed by atoms with van der Waals surface area (Å²) in [4.78, 5) is 12.2. The fourth-order valence-corrected chi connectivity index (χ4v) is 2.41. The third-order valence-corrected chi connectivity index (χ3v) is 3.15. The molecule has 0 atom stereocenters. The highest BCUT2D eigenvalue weighted by atomic mass is 16.2. The molecule has 0 radical (unpaired) electrons. The van der Waals surface area contributed by atoms with Gasteiger partial charge >= 0.3 is 0 Å². The van der Waals surface area contributed by atoms with Gasteiger partial charge in [-0.05, 0) is 12.1 Å². The van der Waals surface area contributed by atoms with Crippen molar-refractivity contribution in [2.75, 3.05) is 0 Å². The highest BCUT2D eigenvalue weighted by Gasteiger charge is 2.13. The Labute approximate surface area is 105 Å². The predicted octanol–water partition coefficient (Wildman–Crippen LogP) is 4.01. The summed E-state index contributed by atoms with van der Waals surface area (Å²) in [6.07, 6.45) is 1.99. The van der Waals surface area contributed by atoms with E-state index in [0.29, 0.717) is 6.42 Å². The Kier molecular flexibility index (Phi) is 2.49. The number of fused-ring (bicyclic) bond motifs is 3. The van der Waals surface area contributed by atoms with Gasteiger partial charge in [-0.25, -0.2) is 0 Å². The van der Waals surface area contributed by atoms with Gasteiger partial charge in [0.1, 0.15) is 0 Å². The number of hydrogen-bond donors (Lipinski definition) is 0. The van der Waals surface area contributed by atoms with Crippen molar-refractivity contribution in [2.45, 2.75) is 6.42 Å². The molecule has 1 aromatic heterocycles. The van der Waals surface area contributed by atoms with E-state index in [4.69, 9.17) is 0 Å². The van der Waals surface area contributed by atoms with E-state index in [-0.39, 0.29) is 5.91 Å². The SMILES string of the molecule is C=CCC(=O)n1c2ccccc2c2ccccc21. The molecule has 0 aliphatic rings. The van der Waals surface area contributed by atoms with Gasteiger partial charge in [0.2, 0.25) is 5.91 Å². The summed E-state index contributed by atoms with van der Waals surface area (Å²) in [6, 6.07) is 16.0. The molecule has 0 saturated carbocycles. The van der Waals surface area contributed by atoms with E-state index in [9.17, 15) is 4.79 Å². The minimum atomic E-state index is 0.0578. The molecule has 3 aromatic rings. The van der Waals surface area contributed by atoms with Crippen molar-refractivity contribution in [1.82, 2.24) is 4.57 Å². The molecule has 0 unspecified atom stereocenters. The zero-order valence-corrected chi connectivity index (χ0v) is 9.97. The lowest BCUT2D eigenvalue weighted by molar-refractivity contribution is 0.0927. The Morgan fingerprint density at radius 1 is 1.00 bits per heavy atom. The molecular formula is C16H13NO. The van der Waals surface area contributed by atoms with E-state index in [1.807, 2.05) is 36.4 Å². The summed E-state index contributed by atoms with van der Waals surface area (Å²) < 4.78 is 1.78. The second kappa shape index (κ2) is 4.15. The van der Waals surface area contributed by atoms with Crippen molar-refractivity contribution >= 4 is 27.7 Å². The van der Waals surface area contributed by atoms with Crippen LogP contribution >= 0.6 is 0 Å². The second-order valence-electron chi connectivity index (χ2n) is 4.26. The number of carbonyl (C=O) groups excluding carboxylic acids is 1. The molecule has 0 amide bonds. The maximum Gasteiger partial charge on any atom is 0.235 e. The van der Waals surface area contributed by atoms with E-state index in [0.717, 1.165) is 21.8 Å². The monoisotopic (exact) mass is 235 g/mol. The number of rotatable bonds is 2. The van der Waals surface area contributed by atoms with Gasteiger partial charge in [0.15, 0.2) is 0 Å². The first-order chi connectivity index (χ1) is 8.83. The molecule has 0 aliphatic heterocycles. The van der Waals surface area contributed by atoms with Crippen LogP contribution in [-0.2, 0) is 0 Å². The van der Waals surface area contributed by atoms with Crippen LogP contribution in [0.2, 0.25) is 0 Å². The van der Waals surface area contributed by atoms with Crippen molar-refractivity contribution < 1.29 is 4.79 Å². The summed E-state index contributed by atoms with van der Waals surface area (Å²) in [7, 11) is 0. The first-order valence-electron chi connectivity index (χ1n) is 5.95. The molecule has 2 aromatic carbocycles. The van der Waals surface area contributed by atoms with E-state index in [2.05, 4.69) is 18.7 Å². The number of para-hydroxylation sites is 2. The topological polar surface area (TPSA) is 22.0 Å². The van der Waals surface area contributed by atoms with Gasteiger partial charge in [-0.15, -0.1) is 6.58 Å². The molecule has 0 saturated heterocycles. The lowest BCUT2D eigenvalue weighted by Gasteiger charge is -2.03. The Balaban J connectivity index is 2.45. The van der Waals surface area contributed by atoms with Crippen LogP contribution in [0.1, 0.15) is 11.2 Å². The summed E-state index contributed by atoms with van der Waals surface area (Å²) in [5.41, 5.74) is 1.93. The van der Waals surface area contributed by atoms with Crippen molar-refractivity contribution in [3.05, 3.63) is 61.2 Å². The van der Waals surface area contributed by atoms with Gasteiger partial charge in [-0.1, -0.05) is 42.5 Å². The number of nitrogens with zero attached hydrogens (tertiary/aromatic N) is 1. The van der Waals surface area contributed by atoms with Crippen molar-refractivity contribution in [2.24, 2.45) is 0 Å². The molecule has 0 fully saturated rings. The van der Waals surface area contributed by atoms with Gasteiger partial charge in [-0.3, -0.25) is 9.36 Å². The predicted molar refractivity (Wildman–Crippen MR) is 74.9 cm³/mol. The van der Waals surface area contributed by atoms with Crippen LogP contribution in [0.25, 0.3) is 21.8 Å². The summed E-state index contributed by atoms with van der Waals surface area (Å²) >= 11 is 0. The van der Waals surface area contributed by atoms with Crippen molar-refractivity contribution in [3.8, 4) is 0 Å². The molecule has 3 rings (SSSR count). The number of benzene rings is 2. The number of allylic oxidation sites excluding steroid dienone is 1. The van der Waals surface area contributed by atoms with E-state index < -0.39 is 0 Å². The highest BCUT2D eigenvalue weighted by molar-refractivity contribution is 6.13. The number of aromatic nitrogens is 1. The van der Waals surface area contributed by atoms with Crippen LogP contribution in [-0.4, -0.2) is 10.5 Å². The quantitative estimate of drug-likeness (QED) is 0.615. The largest absolute Gasteiger partial charge is 0.280 e. The third-order valence-electron chi connectivity index (χ3n) is 3.15. The second-order valence-corrected chi connectivity index (χ2v) is 4.26. The fraction of sp³-hybridized carbons (Fsp3) is 0.0625. The molecule has 0 aliphatic carbocycles. The van der Waals surface area contributed by atoms with Gasteiger partial charge < -0.3 is 0 Å². The maximum absolute atomic E-state index is 12.2. The molecule has 0 bridgehead atoms. The smallest absolute Gasteiger partial charge is 0.235 e. The van der Waals surface area contributed by atoms with Crippen LogP contribution in [0, 0.1) is 0 Å². The zero-order chi connectivity index (χ0) is 12.5. The molecule has 2 nitrogen and oxygen atoms in total. The van der Waals surface area contributed by atoms with Gasteiger partial charge in [-0.2, -0.15) is 0 Å². The highest BCUT2D eigenvalue weighted by Crippen LogP contribution is 2.28. The molecule has 2 heteroatoms. The van der Waals surface area contributed by atoms with E-state index in [1.54, 1.807) is 10.6 Å². The van der Waals surface area contributed by atoms with E-state index in [1.165, 1.54) is 0 Å². The summed E-state index contributed by atoms with van der Waals surface area (Å²) in [6.45, 7) is 3.64. The van der Waals surface area contributed by atoms with Gasteiger partial charge in [0.05, 0.1) is 11.0 Å². The number of carbonyl (C=O) groups is 1. The van der Waals surface area contributed by atoms with Gasteiger partial charge in [0, 0.05) is 17.2 Å². The molecule has 0 N–H and O–H groups in total. The van der Waals surface area contributed by atoms with Crippen LogP contribution in [0.4, 0.5) is 0 Å². The van der Waals surface area contributed by atoms with Crippen LogP contribution in [0.15, 0.2) is 61.2 Å². The normalized spacial score (nSPS) is 10.9. The average Bonchev–Trinajstić information content (AvgIpc) is 2.73. The number of hydrogen-bond acceptors (Lipinski definition) is 1. The third kappa shape index (κ3) is 1.46. The zero-order valence-electron chi connectivity index (χ0n) is 9.97. The Hall–Kier alpha value is -2.35. The Morgan fingerprint density at radius 3 is 2.00 bits per heavy atom. The van der Waals surface area contributed by atoms with Crippen LogP contribution in [0.3, 0.4) is 0 Å². The summed E-state index contributed by atoms with van der Waals surface area (Å²) in [5.74, 6) is 0.0578. The Morgan fingerprint density at radius 2 is 1.50 bits per heavy atom. The van der Waals surface area contributed by atoms with Crippen LogP contribution in [0.5, 0.6) is 0 Å². The van der Waals surface area contributed by atoms with Crippen molar-refractivity contribution in [1.29, 1.82) is 0 Å². The van der Waals surface area contributed by atoms with Crippen molar-refractivity contribution in [3.63, 3.8) is 0 Å². The van der Waals surface area contributed by atoms with Crippen LogP contribution < -0.4 is 0 Å². The average molecular weight is 235 g/mol. The Bertz CT molecular complexity index is 699. The molecule has 88 valence electrons. The minimum absolute atomic E-state index is 0.0578. The molecule has 1 heterocycles. The molecular weight excluding hydrogens is 222 g/mol. The first kappa shape index (κ1) is 10.8. The lowest BCUT2D eigenvalue weighted by Crippen LogP contribution is -2.08. The van der Waals surface area contributed by atoms with Gasteiger partial charge in [0.25, 0.3) is 0 Å². The van der Waals surface area contributed by atoms with E-state index >= 15 is 0 Å². The molecule has 0 spiro atoms. The maximum atomic E-state index is 12.2.